The van der Waals surface area contributed by atoms with Crippen LogP contribution >= 0.6 is 11.3 Å². The minimum absolute atomic E-state index is 0.167. The number of benzene rings is 1. The first-order valence-corrected chi connectivity index (χ1v) is 7.48. The number of hydrogen-bond donors (Lipinski definition) is 1. The van der Waals surface area contributed by atoms with Gasteiger partial charge in [-0.15, -0.1) is 11.3 Å². The maximum Gasteiger partial charge on any atom is 0.310 e. The third-order valence-corrected chi connectivity index (χ3v) is 3.90. The van der Waals surface area contributed by atoms with E-state index in [0.717, 1.165) is 10.4 Å². The van der Waals surface area contributed by atoms with Gasteiger partial charge in [0.05, 0.1) is 12.3 Å². The van der Waals surface area contributed by atoms with Crippen LogP contribution in [-0.4, -0.2) is 17.0 Å². The summed E-state index contributed by atoms with van der Waals surface area (Å²) in [5.74, 6) is -2.10. The average molecular weight is 304 g/mol. The second-order valence-corrected chi connectivity index (χ2v) is 5.70. The molecule has 21 heavy (non-hydrogen) atoms. The second kappa shape index (κ2) is 7.59. The van der Waals surface area contributed by atoms with Crippen LogP contribution in [0.5, 0.6) is 0 Å². The molecule has 1 atom stereocenters. The SMILES string of the molecule is O=C(O)CC(Cc1cccs1)C(=O)OCc1ccccc1. The van der Waals surface area contributed by atoms with Crippen molar-refractivity contribution in [2.24, 2.45) is 5.92 Å². The van der Waals surface area contributed by atoms with Gasteiger partial charge >= 0.3 is 11.9 Å². The van der Waals surface area contributed by atoms with E-state index in [1.54, 1.807) is 0 Å². The van der Waals surface area contributed by atoms with Crippen molar-refractivity contribution in [3.05, 3.63) is 58.3 Å². The van der Waals surface area contributed by atoms with Gasteiger partial charge in [0.15, 0.2) is 0 Å². The van der Waals surface area contributed by atoms with E-state index >= 15 is 0 Å². The summed E-state index contributed by atoms with van der Waals surface area (Å²) in [5, 5.41) is 10.8. The molecule has 0 aliphatic heterocycles. The lowest BCUT2D eigenvalue weighted by Gasteiger charge is -2.13. The van der Waals surface area contributed by atoms with Crippen molar-refractivity contribution >= 4 is 23.3 Å². The summed E-state index contributed by atoms with van der Waals surface area (Å²) in [5.41, 5.74) is 0.885. The van der Waals surface area contributed by atoms with Gasteiger partial charge in [-0.05, 0) is 23.4 Å². The Morgan fingerprint density at radius 2 is 1.90 bits per heavy atom. The Morgan fingerprint density at radius 1 is 1.14 bits per heavy atom. The van der Waals surface area contributed by atoms with Crippen molar-refractivity contribution in [1.82, 2.24) is 0 Å². The van der Waals surface area contributed by atoms with Crippen LogP contribution in [0.4, 0.5) is 0 Å². The third kappa shape index (κ3) is 5.04. The fourth-order valence-electron chi connectivity index (χ4n) is 1.97. The number of carbonyl (C=O) groups excluding carboxylic acids is 1. The lowest BCUT2D eigenvalue weighted by atomic mass is 10.0. The van der Waals surface area contributed by atoms with Crippen LogP contribution in [0.2, 0.25) is 0 Å². The molecule has 1 N–H and O–H groups in total. The minimum atomic E-state index is -0.992. The molecule has 0 aliphatic rings. The molecule has 0 fully saturated rings. The Balaban J connectivity index is 1.95. The van der Waals surface area contributed by atoms with Gasteiger partial charge in [0.25, 0.3) is 0 Å². The fraction of sp³-hybridized carbons (Fsp3) is 0.250. The first kappa shape index (κ1) is 15.3. The molecule has 0 amide bonds. The number of thiophene rings is 1. The van der Waals surface area contributed by atoms with E-state index in [2.05, 4.69) is 0 Å². The van der Waals surface area contributed by atoms with Gasteiger partial charge in [-0.1, -0.05) is 36.4 Å². The lowest BCUT2D eigenvalue weighted by molar-refractivity contribution is -0.154. The monoisotopic (exact) mass is 304 g/mol. The van der Waals surface area contributed by atoms with Crippen molar-refractivity contribution < 1.29 is 19.4 Å². The molecule has 4 nitrogen and oxygen atoms in total. The Labute approximate surface area is 127 Å². The maximum absolute atomic E-state index is 12.1. The molecule has 0 saturated heterocycles. The zero-order valence-electron chi connectivity index (χ0n) is 11.4. The average Bonchev–Trinajstić information content (AvgIpc) is 2.98. The van der Waals surface area contributed by atoms with Crippen LogP contribution in [-0.2, 0) is 27.4 Å². The van der Waals surface area contributed by atoms with Crippen LogP contribution in [0.1, 0.15) is 16.9 Å². The predicted octanol–water partition coefficient (Wildman–Crippen LogP) is 3.12. The van der Waals surface area contributed by atoms with Gasteiger partial charge in [0.2, 0.25) is 0 Å². The summed E-state index contributed by atoms with van der Waals surface area (Å²) in [6, 6.07) is 13.1. The lowest BCUT2D eigenvalue weighted by Crippen LogP contribution is -2.22. The molecule has 0 radical (unpaired) electrons. The number of rotatable bonds is 7. The van der Waals surface area contributed by atoms with Gasteiger partial charge < -0.3 is 9.84 Å². The van der Waals surface area contributed by atoms with Crippen LogP contribution in [0.3, 0.4) is 0 Å². The second-order valence-electron chi connectivity index (χ2n) is 4.67. The van der Waals surface area contributed by atoms with Crippen molar-refractivity contribution in [1.29, 1.82) is 0 Å². The Kier molecular flexibility index (Phi) is 5.51. The maximum atomic E-state index is 12.1. The summed E-state index contributed by atoms with van der Waals surface area (Å²) < 4.78 is 5.24. The van der Waals surface area contributed by atoms with E-state index in [9.17, 15) is 9.59 Å². The van der Waals surface area contributed by atoms with Crippen LogP contribution < -0.4 is 0 Å². The molecule has 1 aromatic heterocycles. The van der Waals surface area contributed by atoms with Crippen molar-refractivity contribution in [3.63, 3.8) is 0 Å². The molecule has 0 spiro atoms. The molecule has 0 bridgehead atoms. The summed E-state index contributed by atoms with van der Waals surface area (Å²) in [6.07, 6.45) is 0.184. The number of ether oxygens (including phenoxy) is 1. The molecular formula is C16H16O4S. The largest absolute Gasteiger partial charge is 0.481 e. The van der Waals surface area contributed by atoms with E-state index in [4.69, 9.17) is 9.84 Å². The van der Waals surface area contributed by atoms with Crippen molar-refractivity contribution in [2.45, 2.75) is 19.4 Å². The highest BCUT2D eigenvalue weighted by molar-refractivity contribution is 7.09. The third-order valence-electron chi connectivity index (χ3n) is 3.01. The molecule has 2 aromatic rings. The Morgan fingerprint density at radius 3 is 2.52 bits per heavy atom. The first-order valence-electron chi connectivity index (χ1n) is 6.60. The Bertz CT molecular complexity index is 578. The van der Waals surface area contributed by atoms with Gasteiger partial charge in [0.1, 0.15) is 6.61 Å². The van der Waals surface area contributed by atoms with E-state index in [0.29, 0.717) is 6.42 Å². The molecule has 5 heteroatoms. The van der Waals surface area contributed by atoms with E-state index in [1.165, 1.54) is 11.3 Å². The zero-order chi connectivity index (χ0) is 15.1. The van der Waals surface area contributed by atoms with Gasteiger partial charge in [-0.3, -0.25) is 9.59 Å². The summed E-state index contributed by atoms with van der Waals surface area (Å²) in [4.78, 5) is 24.0. The molecule has 0 saturated carbocycles. The van der Waals surface area contributed by atoms with Gasteiger partial charge in [-0.25, -0.2) is 0 Å². The molecule has 0 aliphatic carbocycles. The summed E-state index contributed by atoms with van der Waals surface area (Å²) >= 11 is 1.51. The minimum Gasteiger partial charge on any atom is -0.481 e. The zero-order valence-corrected chi connectivity index (χ0v) is 12.2. The summed E-state index contributed by atoms with van der Waals surface area (Å²) in [6.45, 7) is 0.167. The topological polar surface area (TPSA) is 63.6 Å². The summed E-state index contributed by atoms with van der Waals surface area (Å²) in [7, 11) is 0. The Hall–Kier alpha value is -2.14. The van der Waals surface area contributed by atoms with Crippen LogP contribution in [0.25, 0.3) is 0 Å². The smallest absolute Gasteiger partial charge is 0.310 e. The molecule has 1 aromatic carbocycles. The number of carboxylic acid groups (broad SMARTS) is 1. The number of esters is 1. The molecular weight excluding hydrogens is 288 g/mol. The first-order chi connectivity index (χ1) is 10.1. The molecule has 2 rings (SSSR count). The van der Waals surface area contributed by atoms with Crippen LogP contribution in [0.15, 0.2) is 47.8 Å². The van der Waals surface area contributed by atoms with Gasteiger partial charge in [0, 0.05) is 4.88 Å². The number of aliphatic carboxylic acids is 1. The fourth-order valence-corrected chi connectivity index (χ4v) is 2.75. The molecule has 110 valence electrons. The van der Waals surface area contributed by atoms with E-state index < -0.39 is 17.9 Å². The predicted molar refractivity (Wildman–Crippen MR) is 80.0 cm³/mol. The highest BCUT2D eigenvalue weighted by Crippen LogP contribution is 2.19. The van der Waals surface area contributed by atoms with E-state index in [1.807, 2.05) is 47.8 Å². The standard InChI is InChI=1S/C16H16O4S/c17-15(18)10-13(9-14-7-4-8-21-14)16(19)20-11-12-5-2-1-3-6-12/h1-8,13H,9-11H2,(H,17,18). The highest BCUT2D eigenvalue weighted by Gasteiger charge is 2.24. The van der Waals surface area contributed by atoms with E-state index in [-0.39, 0.29) is 13.0 Å². The highest BCUT2D eigenvalue weighted by atomic mass is 32.1. The molecule has 1 unspecified atom stereocenters. The van der Waals surface area contributed by atoms with Crippen LogP contribution in [0, 0.1) is 5.92 Å². The molecule has 1 heterocycles. The number of carboxylic acids is 1. The number of hydrogen-bond acceptors (Lipinski definition) is 4. The number of carbonyl (C=O) groups is 2. The normalized spacial score (nSPS) is 11.8. The quantitative estimate of drug-likeness (QED) is 0.798. The van der Waals surface area contributed by atoms with Crippen molar-refractivity contribution in [2.75, 3.05) is 0 Å². The van der Waals surface area contributed by atoms with Crippen molar-refractivity contribution in [3.8, 4) is 0 Å². The van der Waals surface area contributed by atoms with Gasteiger partial charge in [-0.2, -0.15) is 0 Å².